The zero-order valence-corrected chi connectivity index (χ0v) is 18.4. The fourth-order valence-electron chi connectivity index (χ4n) is 3.84. The van der Waals surface area contributed by atoms with Crippen molar-refractivity contribution in [2.75, 3.05) is 6.61 Å². The average Bonchev–Trinajstić information content (AvgIpc) is 2.80. The van der Waals surface area contributed by atoms with Gasteiger partial charge in [-0.05, 0) is 48.7 Å². The Morgan fingerprint density at radius 3 is 1.76 bits per heavy atom. The summed E-state index contributed by atoms with van der Waals surface area (Å²) < 4.78 is 54.2. The maximum atomic E-state index is 13.7. The maximum Gasteiger partial charge on any atom is 0.159 e. The quantitative estimate of drug-likeness (QED) is 0.211. The van der Waals surface area contributed by atoms with Crippen molar-refractivity contribution in [3.63, 3.8) is 0 Å². The van der Waals surface area contributed by atoms with Gasteiger partial charge in [0.15, 0.2) is 23.3 Å². The van der Waals surface area contributed by atoms with Gasteiger partial charge < -0.3 is 30.6 Å². The van der Waals surface area contributed by atoms with Crippen molar-refractivity contribution in [1.29, 1.82) is 0 Å². The monoisotopic (exact) mass is 488 g/mol. The first-order valence-corrected chi connectivity index (χ1v) is 10.5. The normalized spacial score (nSPS) is 18.3. The van der Waals surface area contributed by atoms with Gasteiger partial charge in [-0.2, -0.15) is 0 Å². The van der Waals surface area contributed by atoms with Crippen LogP contribution in [0.5, 0.6) is 0 Å². The molecule has 0 radical (unpaired) electrons. The average molecular weight is 488 g/mol. The Balaban J connectivity index is 2.56. The van der Waals surface area contributed by atoms with Gasteiger partial charge in [0.1, 0.15) is 29.5 Å². The lowest BCUT2D eigenvalue weighted by atomic mass is 9.71. The number of halogens is 4. The van der Waals surface area contributed by atoms with Crippen molar-refractivity contribution >= 4 is 0 Å². The van der Waals surface area contributed by atoms with Crippen LogP contribution >= 0.6 is 0 Å². The van der Waals surface area contributed by atoms with Crippen LogP contribution in [0.3, 0.4) is 0 Å². The minimum absolute atomic E-state index is 0.0392. The lowest BCUT2D eigenvalue weighted by Crippen LogP contribution is -2.66. The van der Waals surface area contributed by atoms with Gasteiger partial charge in [-0.3, -0.25) is 0 Å². The summed E-state index contributed by atoms with van der Waals surface area (Å²) in [5, 5.41) is 63.8. The SMILES string of the molecule is C/C=C/CC(O)(Cc1ccc(F)c(F)c1)[C@@H](O)[C@@](O)(Cc1ccc(F)c(F)c1)[C@H](O)[C@@H](O)CO. The van der Waals surface area contributed by atoms with Crippen molar-refractivity contribution in [3.8, 4) is 0 Å². The van der Waals surface area contributed by atoms with E-state index in [1.54, 1.807) is 6.92 Å². The van der Waals surface area contributed by atoms with Crippen molar-refractivity contribution < 1.29 is 48.2 Å². The van der Waals surface area contributed by atoms with Crippen LogP contribution in [0.4, 0.5) is 17.6 Å². The topological polar surface area (TPSA) is 121 Å². The number of aliphatic hydroxyl groups is 6. The molecule has 6 nitrogen and oxygen atoms in total. The molecule has 0 saturated carbocycles. The highest BCUT2D eigenvalue weighted by molar-refractivity contribution is 5.25. The zero-order valence-electron chi connectivity index (χ0n) is 18.4. The molecule has 0 saturated heterocycles. The Bertz CT molecular complexity index is 1000. The van der Waals surface area contributed by atoms with Crippen LogP contribution < -0.4 is 0 Å². The number of rotatable bonds is 11. The highest BCUT2D eigenvalue weighted by Crippen LogP contribution is 2.35. The molecule has 5 atom stereocenters. The first kappa shape index (κ1) is 27.9. The summed E-state index contributed by atoms with van der Waals surface area (Å²) in [4.78, 5) is 0. The largest absolute Gasteiger partial charge is 0.394 e. The van der Waals surface area contributed by atoms with E-state index in [2.05, 4.69) is 0 Å². The Morgan fingerprint density at radius 2 is 1.32 bits per heavy atom. The number of hydrogen-bond acceptors (Lipinski definition) is 6. The minimum Gasteiger partial charge on any atom is -0.394 e. The van der Waals surface area contributed by atoms with E-state index in [1.165, 1.54) is 12.2 Å². The molecular formula is C24H28F4O6. The highest BCUT2D eigenvalue weighted by Gasteiger charge is 2.54. The smallest absolute Gasteiger partial charge is 0.159 e. The van der Waals surface area contributed by atoms with Crippen LogP contribution in [0.1, 0.15) is 24.5 Å². The molecule has 10 heteroatoms. The lowest BCUT2D eigenvalue weighted by Gasteiger charge is -2.46. The molecule has 0 aromatic heterocycles. The summed E-state index contributed by atoms with van der Waals surface area (Å²) in [7, 11) is 0. The van der Waals surface area contributed by atoms with Gasteiger partial charge in [0.2, 0.25) is 0 Å². The highest BCUT2D eigenvalue weighted by atomic mass is 19.2. The summed E-state index contributed by atoms with van der Waals surface area (Å²) in [6, 6.07) is 5.26. The van der Waals surface area contributed by atoms with Crippen molar-refractivity contribution in [3.05, 3.63) is 82.9 Å². The van der Waals surface area contributed by atoms with Gasteiger partial charge in [-0.25, -0.2) is 17.6 Å². The second-order valence-corrected chi connectivity index (χ2v) is 8.32. The van der Waals surface area contributed by atoms with Crippen LogP contribution in [0.25, 0.3) is 0 Å². The summed E-state index contributed by atoms with van der Waals surface area (Å²) in [5.74, 6) is -4.82. The van der Waals surface area contributed by atoms with Crippen molar-refractivity contribution in [2.45, 2.75) is 55.7 Å². The molecule has 0 spiro atoms. The Hall–Kier alpha value is -2.34. The molecule has 0 bridgehead atoms. The summed E-state index contributed by atoms with van der Waals surface area (Å²) in [5.41, 5.74) is -5.19. The van der Waals surface area contributed by atoms with E-state index in [0.717, 1.165) is 30.3 Å². The molecule has 2 rings (SSSR count). The second-order valence-electron chi connectivity index (χ2n) is 8.32. The number of benzene rings is 2. The van der Waals surface area contributed by atoms with Crippen molar-refractivity contribution in [1.82, 2.24) is 0 Å². The maximum absolute atomic E-state index is 13.7. The summed E-state index contributed by atoms with van der Waals surface area (Å²) in [6.07, 6.45) is -5.26. The number of aliphatic hydroxyl groups excluding tert-OH is 4. The van der Waals surface area contributed by atoms with E-state index in [0.29, 0.717) is 6.07 Å². The first-order valence-electron chi connectivity index (χ1n) is 10.5. The molecule has 1 unspecified atom stereocenters. The van der Waals surface area contributed by atoms with E-state index in [-0.39, 0.29) is 17.5 Å². The van der Waals surface area contributed by atoms with Crippen molar-refractivity contribution in [2.24, 2.45) is 0 Å². The van der Waals surface area contributed by atoms with E-state index in [4.69, 9.17) is 0 Å². The van der Waals surface area contributed by atoms with E-state index >= 15 is 0 Å². The molecule has 0 amide bonds. The fraction of sp³-hybridized carbons (Fsp3) is 0.417. The van der Waals surface area contributed by atoms with E-state index in [1.807, 2.05) is 0 Å². The molecule has 2 aromatic rings. The third-order valence-corrected chi connectivity index (χ3v) is 5.72. The summed E-state index contributed by atoms with van der Waals surface area (Å²) in [6.45, 7) is 0.562. The van der Waals surface area contributed by atoms with Crippen LogP contribution in [-0.2, 0) is 12.8 Å². The number of allylic oxidation sites excluding steroid dienone is 1. The molecule has 188 valence electrons. The van der Waals surface area contributed by atoms with Gasteiger partial charge in [0.25, 0.3) is 0 Å². The van der Waals surface area contributed by atoms with Gasteiger partial charge in [-0.1, -0.05) is 24.3 Å². The third-order valence-electron chi connectivity index (χ3n) is 5.72. The van der Waals surface area contributed by atoms with E-state index < -0.39 is 72.2 Å². The molecule has 0 aliphatic rings. The molecule has 0 aliphatic carbocycles. The first-order chi connectivity index (χ1) is 15.9. The standard InChI is InChI=1S/C24H28F4O6/c1-2-3-8-23(33,11-14-4-6-16(25)18(27)9-14)22(32)24(34,21(31)20(30)13-29)12-15-5-7-17(26)19(28)10-15/h2-7,9-10,20-22,29-34H,8,11-13H2,1H3/b3-2+/t20-,21+,22+,23?,24+/m0/s1. The van der Waals surface area contributed by atoms with Gasteiger partial charge in [0.05, 0.1) is 6.61 Å². The molecule has 2 aromatic carbocycles. The van der Waals surface area contributed by atoms with Crippen LogP contribution in [0.2, 0.25) is 0 Å². The molecule has 0 aliphatic heterocycles. The Morgan fingerprint density at radius 1 is 0.824 bits per heavy atom. The van der Waals surface area contributed by atoms with Crippen LogP contribution in [0.15, 0.2) is 48.6 Å². The fourth-order valence-corrected chi connectivity index (χ4v) is 3.84. The molecule has 0 fully saturated rings. The van der Waals surface area contributed by atoms with Gasteiger partial charge in [0, 0.05) is 12.8 Å². The molecular weight excluding hydrogens is 460 g/mol. The van der Waals surface area contributed by atoms with Crippen LogP contribution in [0, 0.1) is 23.3 Å². The zero-order chi connectivity index (χ0) is 25.7. The Kier molecular flexibility index (Phi) is 9.35. The van der Waals surface area contributed by atoms with Crippen LogP contribution in [-0.4, -0.2) is 66.8 Å². The molecule has 6 N–H and O–H groups in total. The predicted molar refractivity (Wildman–Crippen MR) is 115 cm³/mol. The molecule has 34 heavy (non-hydrogen) atoms. The summed E-state index contributed by atoms with van der Waals surface area (Å²) >= 11 is 0. The molecule has 0 heterocycles. The van der Waals surface area contributed by atoms with E-state index in [9.17, 15) is 48.2 Å². The number of hydrogen-bond donors (Lipinski definition) is 6. The second kappa shape index (κ2) is 11.4. The Labute approximate surface area is 194 Å². The van der Waals surface area contributed by atoms with Gasteiger partial charge >= 0.3 is 0 Å². The van der Waals surface area contributed by atoms with Gasteiger partial charge in [-0.15, -0.1) is 0 Å². The minimum atomic E-state index is -2.80. The third kappa shape index (κ3) is 6.21. The predicted octanol–water partition coefficient (Wildman–Crippen LogP) is 1.53. The lowest BCUT2D eigenvalue weighted by molar-refractivity contribution is -0.228.